The summed E-state index contributed by atoms with van der Waals surface area (Å²) in [5.74, 6) is -0.0181. The van der Waals surface area contributed by atoms with E-state index in [1.54, 1.807) is 17.1 Å². The molecule has 0 aliphatic carbocycles. The maximum atomic E-state index is 13.6. The molecule has 8 nitrogen and oxygen atoms in total. The van der Waals surface area contributed by atoms with Crippen molar-refractivity contribution in [1.29, 1.82) is 0 Å². The summed E-state index contributed by atoms with van der Waals surface area (Å²) >= 11 is 0. The Morgan fingerprint density at radius 3 is 2.39 bits per heavy atom. The van der Waals surface area contributed by atoms with Crippen LogP contribution in [-0.2, 0) is 4.79 Å². The SMILES string of the molecule is CC1=C(C(=O)Nc2ccc(C)cc2C)[C@@H](c2ccncc2)n2ncc(C(=O)Nc3ccccc3)c2N1. The first-order valence-electron chi connectivity index (χ1n) is 11.6. The second-order valence-electron chi connectivity index (χ2n) is 8.79. The fourth-order valence-corrected chi connectivity index (χ4v) is 4.43. The zero-order valence-electron chi connectivity index (χ0n) is 20.2. The van der Waals surface area contributed by atoms with Gasteiger partial charge in [0.1, 0.15) is 17.4 Å². The van der Waals surface area contributed by atoms with Crippen LogP contribution in [0, 0.1) is 13.8 Å². The molecule has 0 fully saturated rings. The minimum atomic E-state index is -0.548. The van der Waals surface area contributed by atoms with Crippen molar-refractivity contribution < 1.29 is 9.59 Å². The highest BCUT2D eigenvalue weighted by atomic mass is 16.2. The van der Waals surface area contributed by atoms with Crippen LogP contribution in [0.3, 0.4) is 0 Å². The van der Waals surface area contributed by atoms with Crippen LogP contribution in [0.4, 0.5) is 17.2 Å². The van der Waals surface area contributed by atoms with Gasteiger partial charge in [-0.2, -0.15) is 5.10 Å². The number of carbonyl (C=O) groups excluding carboxylic acids is 2. The van der Waals surface area contributed by atoms with E-state index in [1.165, 1.54) is 6.20 Å². The van der Waals surface area contributed by atoms with Crippen molar-refractivity contribution in [2.24, 2.45) is 0 Å². The number of aromatic nitrogens is 3. The van der Waals surface area contributed by atoms with Gasteiger partial charge in [-0.05, 0) is 62.2 Å². The van der Waals surface area contributed by atoms with Crippen molar-refractivity contribution in [2.75, 3.05) is 16.0 Å². The molecule has 0 radical (unpaired) electrons. The Morgan fingerprint density at radius 1 is 0.917 bits per heavy atom. The van der Waals surface area contributed by atoms with Crippen LogP contribution in [0.25, 0.3) is 0 Å². The molecule has 8 heteroatoms. The van der Waals surface area contributed by atoms with Crippen LogP contribution in [0.2, 0.25) is 0 Å². The lowest BCUT2D eigenvalue weighted by Crippen LogP contribution is -2.32. The van der Waals surface area contributed by atoms with E-state index in [1.807, 2.05) is 81.4 Å². The van der Waals surface area contributed by atoms with Crippen molar-refractivity contribution in [3.8, 4) is 0 Å². The summed E-state index contributed by atoms with van der Waals surface area (Å²) < 4.78 is 1.68. The van der Waals surface area contributed by atoms with Crippen molar-refractivity contribution in [3.05, 3.63) is 113 Å². The number of nitrogens with zero attached hydrogens (tertiary/aromatic N) is 3. The lowest BCUT2D eigenvalue weighted by molar-refractivity contribution is -0.113. The lowest BCUT2D eigenvalue weighted by atomic mass is 9.95. The van der Waals surface area contributed by atoms with E-state index in [2.05, 4.69) is 26.0 Å². The summed E-state index contributed by atoms with van der Waals surface area (Å²) in [7, 11) is 0. The normalized spacial score (nSPS) is 14.6. The predicted molar refractivity (Wildman–Crippen MR) is 140 cm³/mol. The third kappa shape index (κ3) is 4.36. The molecule has 0 saturated heterocycles. The quantitative estimate of drug-likeness (QED) is 0.372. The number of hydrogen-bond acceptors (Lipinski definition) is 5. The summed E-state index contributed by atoms with van der Waals surface area (Å²) in [5, 5.41) is 13.8. The molecule has 0 unspecified atom stereocenters. The lowest BCUT2D eigenvalue weighted by Gasteiger charge is -2.30. The fraction of sp³-hybridized carbons (Fsp3) is 0.143. The highest BCUT2D eigenvalue weighted by molar-refractivity contribution is 6.09. The van der Waals surface area contributed by atoms with E-state index in [4.69, 9.17) is 0 Å². The highest BCUT2D eigenvalue weighted by Gasteiger charge is 2.35. The first-order chi connectivity index (χ1) is 17.4. The Balaban J connectivity index is 1.53. The molecule has 3 heterocycles. The first kappa shape index (κ1) is 23.0. The highest BCUT2D eigenvalue weighted by Crippen LogP contribution is 2.38. The van der Waals surface area contributed by atoms with Crippen LogP contribution in [0.1, 0.15) is 40.0 Å². The number of anilines is 3. The maximum absolute atomic E-state index is 13.6. The molecule has 4 aromatic rings. The summed E-state index contributed by atoms with van der Waals surface area (Å²) in [4.78, 5) is 30.9. The Morgan fingerprint density at radius 2 is 1.67 bits per heavy atom. The number of hydrogen-bond donors (Lipinski definition) is 3. The fourth-order valence-electron chi connectivity index (χ4n) is 4.43. The first-order valence-corrected chi connectivity index (χ1v) is 11.6. The Bertz CT molecular complexity index is 1470. The van der Waals surface area contributed by atoms with Crippen LogP contribution in [0.5, 0.6) is 0 Å². The van der Waals surface area contributed by atoms with Gasteiger partial charge >= 0.3 is 0 Å². The van der Waals surface area contributed by atoms with Crippen LogP contribution >= 0.6 is 0 Å². The molecular weight excluding hydrogens is 452 g/mol. The molecule has 1 aliphatic heterocycles. The van der Waals surface area contributed by atoms with Gasteiger partial charge in [0.15, 0.2) is 0 Å². The Kier molecular flexibility index (Phi) is 6.08. The zero-order chi connectivity index (χ0) is 25.2. The van der Waals surface area contributed by atoms with Crippen molar-refractivity contribution in [2.45, 2.75) is 26.8 Å². The largest absolute Gasteiger partial charge is 0.343 e. The summed E-state index contributed by atoms with van der Waals surface area (Å²) in [5.41, 5.74) is 5.89. The summed E-state index contributed by atoms with van der Waals surface area (Å²) in [6.07, 6.45) is 4.88. The Labute approximate surface area is 209 Å². The van der Waals surface area contributed by atoms with E-state index in [9.17, 15) is 9.59 Å². The number of amides is 2. The number of para-hydroxylation sites is 1. The molecule has 0 bridgehead atoms. The van der Waals surface area contributed by atoms with E-state index in [0.29, 0.717) is 28.3 Å². The number of benzene rings is 2. The van der Waals surface area contributed by atoms with Crippen molar-refractivity contribution >= 4 is 29.0 Å². The molecule has 1 atom stereocenters. The second kappa shape index (κ2) is 9.50. The monoisotopic (exact) mass is 478 g/mol. The Hall–Kier alpha value is -4.72. The van der Waals surface area contributed by atoms with Gasteiger partial charge in [-0.15, -0.1) is 0 Å². The number of rotatable bonds is 5. The van der Waals surface area contributed by atoms with Gasteiger partial charge < -0.3 is 16.0 Å². The minimum absolute atomic E-state index is 0.245. The number of aryl methyl sites for hydroxylation is 2. The molecule has 3 N–H and O–H groups in total. The molecule has 5 rings (SSSR count). The summed E-state index contributed by atoms with van der Waals surface area (Å²) in [6.45, 7) is 5.81. The van der Waals surface area contributed by atoms with E-state index >= 15 is 0 Å². The van der Waals surface area contributed by atoms with Gasteiger partial charge in [0.2, 0.25) is 0 Å². The van der Waals surface area contributed by atoms with Crippen LogP contribution < -0.4 is 16.0 Å². The number of carbonyl (C=O) groups is 2. The molecule has 0 spiro atoms. The van der Waals surface area contributed by atoms with Gasteiger partial charge in [0.25, 0.3) is 11.8 Å². The van der Waals surface area contributed by atoms with Gasteiger partial charge in [-0.1, -0.05) is 35.9 Å². The molecule has 1 aliphatic rings. The number of nitrogens with one attached hydrogen (secondary N) is 3. The zero-order valence-corrected chi connectivity index (χ0v) is 20.2. The van der Waals surface area contributed by atoms with Gasteiger partial charge in [0, 0.05) is 29.5 Å². The number of pyridine rings is 1. The third-order valence-electron chi connectivity index (χ3n) is 6.20. The number of fused-ring (bicyclic) bond motifs is 1. The molecule has 0 saturated carbocycles. The molecule has 180 valence electrons. The van der Waals surface area contributed by atoms with Gasteiger partial charge in [-0.3, -0.25) is 14.6 Å². The van der Waals surface area contributed by atoms with E-state index in [-0.39, 0.29) is 11.8 Å². The van der Waals surface area contributed by atoms with Crippen LogP contribution in [-0.4, -0.2) is 26.6 Å². The number of allylic oxidation sites excluding steroid dienone is 1. The predicted octanol–water partition coefficient (Wildman–Crippen LogP) is 5.07. The van der Waals surface area contributed by atoms with E-state index in [0.717, 1.165) is 22.4 Å². The topological polar surface area (TPSA) is 101 Å². The van der Waals surface area contributed by atoms with Crippen LogP contribution in [0.15, 0.2) is 90.5 Å². The third-order valence-corrected chi connectivity index (χ3v) is 6.20. The molecule has 2 aromatic heterocycles. The van der Waals surface area contributed by atoms with Crippen molar-refractivity contribution in [3.63, 3.8) is 0 Å². The average Bonchev–Trinajstić information content (AvgIpc) is 3.29. The molecule has 2 aromatic carbocycles. The standard InChI is InChI=1S/C28H26N6O2/c1-17-9-10-23(18(2)15-17)33-28(36)24-19(3)31-26-22(27(35)32-21-7-5-4-6-8-21)16-30-34(26)25(24)20-11-13-29-14-12-20/h4-16,25,31H,1-3H3,(H,32,35)(H,33,36)/t25-/m1/s1. The second-order valence-corrected chi connectivity index (χ2v) is 8.79. The molecule has 36 heavy (non-hydrogen) atoms. The minimum Gasteiger partial charge on any atom is -0.343 e. The van der Waals surface area contributed by atoms with Gasteiger partial charge in [-0.25, -0.2) is 4.68 Å². The molecule has 2 amide bonds. The average molecular weight is 479 g/mol. The maximum Gasteiger partial charge on any atom is 0.261 e. The van der Waals surface area contributed by atoms with E-state index < -0.39 is 6.04 Å². The van der Waals surface area contributed by atoms with Gasteiger partial charge in [0.05, 0.1) is 11.8 Å². The molecular formula is C28H26N6O2. The van der Waals surface area contributed by atoms with Crippen molar-refractivity contribution in [1.82, 2.24) is 14.8 Å². The smallest absolute Gasteiger partial charge is 0.261 e. The summed E-state index contributed by atoms with van der Waals surface area (Å²) in [6, 6.07) is 18.3.